The molecule has 1 atom stereocenters. The number of aliphatic hydroxyl groups excluding tert-OH is 1. The fraction of sp³-hybridized carbons (Fsp3) is 0.500. The summed E-state index contributed by atoms with van der Waals surface area (Å²) in [6, 6.07) is 0. The molecule has 13 heavy (non-hydrogen) atoms. The average molecular weight is 188 g/mol. The summed E-state index contributed by atoms with van der Waals surface area (Å²) >= 11 is 0. The van der Waals surface area contributed by atoms with Crippen LogP contribution < -0.4 is 0 Å². The van der Waals surface area contributed by atoms with Crippen LogP contribution in [0.3, 0.4) is 0 Å². The van der Waals surface area contributed by atoms with Crippen molar-refractivity contribution in [1.29, 1.82) is 0 Å². The Bertz CT molecular complexity index is 229. The highest BCUT2D eigenvalue weighted by molar-refractivity contribution is 5.94. The van der Waals surface area contributed by atoms with E-state index in [1.165, 1.54) is 6.92 Å². The monoisotopic (exact) mass is 188 g/mol. The van der Waals surface area contributed by atoms with Gasteiger partial charge in [0.25, 0.3) is 0 Å². The van der Waals surface area contributed by atoms with Crippen LogP contribution in [-0.2, 0) is 9.59 Å². The molecule has 0 aliphatic rings. The third-order valence-electron chi connectivity index (χ3n) is 1.40. The Morgan fingerprint density at radius 1 is 1.38 bits per heavy atom. The van der Waals surface area contributed by atoms with E-state index in [-0.39, 0.29) is 18.4 Å². The molecule has 0 fully saturated rings. The van der Waals surface area contributed by atoms with Crippen LogP contribution in [0, 0.1) is 0 Å². The SMILES string of the molecule is CC(O)CC/C(=C\C(=O)O)C(=O)O. The van der Waals surface area contributed by atoms with Crippen molar-refractivity contribution in [2.24, 2.45) is 0 Å². The number of aliphatic carboxylic acids is 2. The van der Waals surface area contributed by atoms with Gasteiger partial charge in [0.2, 0.25) is 0 Å². The van der Waals surface area contributed by atoms with Crippen LogP contribution in [-0.4, -0.2) is 33.4 Å². The quantitative estimate of drug-likeness (QED) is 0.537. The van der Waals surface area contributed by atoms with Crippen LogP contribution >= 0.6 is 0 Å². The molecule has 0 aromatic rings. The predicted octanol–water partition coefficient (Wildman–Crippen LogP) is 0.243. The molecule has 74 valence electrons. The molecular weight excluding hydrogens is 176 g/mol. The minimum Gasteiger partial charge on any atom is -0.478 e. The van der Waals surface area contributed by atoms with Crippen molar-refractivity contribution in [2.75, 3.05) is 0 Å². The first-order valence-corrected chi connectivity index (χ1v) is 3.78. The first-order chi connectivity index (χ1) is 5.93. The molecule has 3 N–H and O–H groups in total. The van der Waals surface area contributed by atoms with Gasteiger partial charge in [-0.3, -0.25) is 0 Å². The summed E-state index contributed by atoms with van der Waals surface area (Å²) in [6.07, 6.45) is 0.312. The number of carboxylic acid groups (broad SMARTS) is 2. The zero-order valence-electron chi connectivity index (χ0n) is 7.23. The number of carbonyl (C=O) groups is 2. The fourth-order valence-electron chi connectivity index (χ4n) is 0.754. The summed E-state index contributed by atoms with van der Waals surface area (Å²) < 4.78 is 0. The van der Waals surface area contributed by atoms with Gasteiger partial charge in [-0.05, 0) is 19.8 Å². The average Bonchev–Trinajstić information content (AvgIpc) is 1.96. The smallest absolute Gasteiger partial charge is 0.331 e. The summed E-state index contributed by atoms with van der Waals surface area (Å²) in [6.45, 7) is 1.51. The third kappa shape index (κ3) is 5.86. The molecular formula is C8H12O5. The van der Waals surface area contributed by atoms with E-state index in [4.69, 9.17) is 15.3 Å². The first kappa shape index (κ1) is 11.6. The maximum Gasteiger partial charge on any atom is 0.331 e. The number of aliphatic hydroxyl groups is 1. The number of carboxylic acids is 2. The largest absolute Gasteiger partial charge is 0.478 e. The normalized spacial score (nSPS) is 13.8. The molecule has 0 aromatic heterocycles. The van der Waals surface area contributed by atoms with Crippen molar-refractivity contribution in [3.05, 3.63) is 11.6 Å². The van der Waals surface area contributed by atoms with Gasteiger partial charge in [-0.1, -0.05) is 0 Å². The molecule has 5 heteroatoms. The molecule has 0 radical (unpaired) electrons. The van der Waals surface area contributed by atoms with Gasteiger partial charge in [-0.25, -0.2) is 9.59 Å². The van der Waals surface area contributed by atoms with Gasteiger partial charge in [-0.2, -0.15) is 0 Å². The van der Waals surface area contributed by atoms with Crippen molar-refractivity contribution in [1.82, 2.24) is 0 Å². The Morgan fingerprint density at radius 2 is 1.92 bits per heavy atom. The second-order valence-corrected chi connectivity index (χ2v) is 2.70. The summed E-state index contributed by atoms with van der Waals surface area (Å²) in [4.78, 5) is 20.6. The Kier molecular flexibility index (Phi) is 4.76. The van der Waals surface area contributed by atoms with Crippen molar-refractivity contribution in [3.63, 3.8) is 0 Å². The second kappa shape index (κ2) is 5.31. The molecule has 5 nitrogen and oxygen atoms in total. The maximum absolute atomic E-state index is 10.4. The van der Waals surface area contributed by atoms with Crippen LogP contribution in [0.5, 0.6) is 0 Å². The van der Waals surface area contributed by atoms with Crippen LogP contribution in [0.25, 0.3) is 0 Å². The summed E-state index contributed by atoms with van der Waals surface area (Å²) in [5, 5.41) is 25.7. The van der Waals surface area contributed by atoms with Gasteiger partial charge in [-0.15, -0.1) is 0 Å². The molecule has 1 unspecified atom stereocenters. The van der Waals surface area contributed by atoms with Gasteiger partial charge in [0.1, 0.15) is 0 Å². The highest BCUT2D eigenvalue weighted by atomic mass is 16.4. The van der Waals surface area contributed by atoms with Gasteiger partial charge in [0.05, 0.1) is 6.10 Å². The number of hydrogen-bond acceptors (Lipinski definition) is 3. The lowest BCUT2D eigenvalue weighted by Crippen LogP contribution is -2.07. The van der Waals surface area contributed by atoms with Crippen molar-refractivity contribution in [3.8, 4) is 0 Å². The Labute approximate surface area is 75.3 Å². The van der Waals surface area contributed by atoms with E-state index in [9.17, 15) is 9.59 Å². The lowest BCUT2D eigenvalue weighted by molar-refractivity contribution is -0.135. The van der Waals surface area contributed by atoms with Crippen molar-refractivity contribution >= 4 is 11.9 Å². The topological polar surface area (TPSA) is 94.8 Å². The third-order valence-corrected chi connectivity index (χ3v) is 1.40. The summed E-state index contributed by atoms with van der Waals surface area (Å²) in [5.41, 5.74) is -0.201. The van der Waals surface area contributed by atoms with Crippen LogP contribution in [0.15, 0.2) is 11.6 Å². The maximum atomic E-state index is 10.4. The molecule has 0 bridgehead atoms. The molecule has 0 heterocycles. The van der Waals surface area contributed by atoms with Crippen molar-refractivity contribution < 1.29 is 24.9 Å². The second-order valence-electron chi connectivity index (χ2n) is 2.70. The van der Waals surface area contributed by atoms with Crippen LogP contribution in [0.1, 0.15) is 19.8 Å². The van der Waals surface area contributed by atoms with E-state index in [2.05, 4.69) is 0 Å². The summed E-state index contributed by atoms with van der Waals surface area (Å²) in [5.74, 6) is -2.55. The minimum absolute atomic E-state index is 0.0549. The lowest BCUT2D eigenvalue weighted by Gasteiger charge is -2.03. The standard InChI is InChI=1S/C8H12O5/c1-5(9)2-3-6(8(12)13)4-7(10)11/h4-5,9H,2-3H2,1H3,(H,10,11)(H,12,13)/b6-4+. The molecule has 0 spiro atoms. The van der Waals surface area contributed by atoms with Crippen LogP contribution in [0.2, 0.25) is 0 Å². The van der Waals surface area contributed by atoms with E-state index in [0.29, 0.717) is 6.08 Å². The lowest BCUT2D eigenvalue weighted by atomic mass is 10.1. The minimum atomic E-state index is -1.29. The molecule has 0 saturated carbocycles. The van der Waals surface area contributed by atoms with E-state index >= 15 is 0 Å². The van der Waals surface area contributed by atoms with Gasteiger partial charge in [0.15, 0.2) is 0 Å². The number of rotatable bonds is 5. The molecule has 0 rings (SSSR count). The highest BCUT2D eigenvalue weighted by Gasteiger charge is 2.10. The van der Waals surface area contributed by atoms with Gasteiger partial charge in [0, 0.05) is 11.6 Å². The molecule has 0 amide bonds. The van der Waals surface area contributed by atoms with E-state index in [1.807, 2.05) is 0 Å². The fourth-order valence-corrected chi connectivity index (χ4v) is 0.754. The Hall–Kier alpha value is -1.36. The zero-order valence-corrected chi connectivity index (χ0v) is 7.23. The summed E-state index contributed by atoms with van der Waals surface area (Å²) in [7, 11) is 0. The Balaban J connectivity index is 4.28. The highest BCUT2D eigenvalue weighted by Crippen LogP contribution is 2.07. The molecule has 0 aliphatic heterocycles. The number of hydrogen-bond donors (Lipinski definition) is 3. The molecule has 0 aliphatic carbocycles. The predicted molar refractivity (Wildman–Crippen MR) is 44.3 cm³/mol. The van der Waals surface area contributed by atoms with E-state index in [1.54, 1.807) is 0 Å². The van der Waals surface area contributed by atoms with E-state index in [0.717, 1.165) is 0 Å². The Morgan fingerprint density at radius 3 is 2.23 bits per heavy atom. The molecule has 0 saturated heterocycles. The van der Waals surface area contributed by atoms with Gasteiger partial charge < -0.3 is 15.3 Å². The van der Waals surface area contributed by atoms with Crippen LogP contribution in [0.4, 0.5) is 0 Å². The van der Waals surface area contributed by atoms with Gasteiger partial charge >= 0.3 is 11.9 Å². The molecule has 0 aromatic carbocycles. The van der Waals surface area contributed by atoms with Crippen molar-refractivity contribution in [2.45, 2.75) is 25.9 Å². The first-order valence-electron chi connectivity index (χ1n) is 3.78. The van der Waals surface area contributed by atoms with E-state index < -0.39 is 18.0 Å². The zero-order chi connectivity index (χ0) is 10.4.